The highest BCUT2D eigenvalue weighted by atomic mass is 32.1. The molecular formula is C45H31N3O2S. The van der Waals surface area contributed by atoms with Crippen LogP contribution in [0.25, 0.3) is 58.7 Å². The Morgan fingerprint density at radius 3 is 2.31 bits per heavy atom. The molecule has 4 heterocycles. The molecule has 5 nitrogen and oxygen atoms in total. The smallest absolute Gasteiger partial charge is 0.138 e. The number of fused-ring (bicyclic) bond motifs is 9. The second-order valence-electron chi connectivity index (χ2n) is 13.5. The van der Waals surface area contributed by atoms with Crippen LogP contribution in [0.15, 0.2) is 153 Å². The fourth-order valence-electron chi connectivity index (χ4n) is 7.97. The van der Waals surface area contributed by atoms with Crippen molar-refractivity contribution >= 4 is 75.8 Å². The molecule has 0 saturated heterocycles. The van der Waals surface area contributed by atoms with Crippen molar-refractivity contribution in [1.29, 1.82) is 0 Å². The number of amidine groups is 1. The van der Waals surface area contributed by atoms with Gasteiger partial charge < -0.3 is 14.2 Å². The number of para-hydroxylation sites is 1. The second-order valence-corrected chi connectivity index (χ2v) is 14.6. The summed E-state index contributed by atoms with van der Waals surface area (Å²) in [5.74, 6) is 1.82. The van der Waals surface area contributed by atoms with Crippen molar-refractivity contribution in [2.45, 2.75) is 25.2 Å². The van der Waals surface area contributed by atoms with Crippen molar-refractivity contribution in [3.8, 4) is 0 Å². The van der Waals surface area contributed by atoms with E-state index < -0.39 is 0 Å². The Bertz CT molecular complexity index is 2890. The first-order chi connectivity index (χ1) is 25.2. The van der Waals surface area contributed by atoms with Crippen LogP contribution in [0, 0.1) is 0 Å². The van der Waals surface area contributed by atoms with E-state index in [9.17, 15) is 0 Å². The van der Waals surface area contributed by atoms with Crippen LogP contribution in [0.1, 0.15) is 52.3 Å². The van der Waals surface area contributed by atoms with Gasteiger partial charge in [0.25, 0.3) is 0 Å². The molecular weight excluding hydrogens is 647 g/mol. The van der Waals surface area contributed by atoms with Gasteiger partial charge in [-0.15, -0.1) is 11.3 Å². The van der Waals surface area contributed by atoms with Crippen LogP contribution in [-0.4, -0.2) is 5.84 Å². The maximum absolute atomic E-state index is 6.49. The van der Waals surface area contributed by atoms with E-state index >= 15 is 0 Å². The number of aryl methyl sites for hydroxylation is 1. The molecule has 51 heavy (non-hydrogen) atoms. The number of thiophene rings is 1. The Hall–Kier alpha value is -5.95. The lowest BCUT2D eigenvalue weighted by molar-refractivity contribution is 0.409. The lowest BCUT2D eigenvalue weighted by Gasteiger charge is -2.32. The molecule has 0 saturated carbocycles. The normalized spacial score (nSPS) is 17.6. The maximum Gasteiger partial charge on any atom is 0.138 e. The third kappa shape index (κ3) is 4.68. The minimum atomic E-state index is -0.229. The molecule has 1 aliphatic carbocycles. The zero-order valence-corrected chi connectivity index (χ0v) is 28.3. The summed E-state index contributed by atoms with van der Waals surface area (Å²) in [4.78, 5) is 5.30. The molecule has 0 radical (unpaired) electrons. The zero-order valence-electron chi connectivity index (χ0n) is 27.5. The molecule has 0 bridgehead atoms. The van der Waals surface area contributed by atoms with Crippen LogP contribution < -0.4 is 10.6 Å². The average Bonchev–Trinajstić information content (AvgIpc) is 3.88. The minimum absolute atomic E-state index is 0.118. The highest BCUT2D eigenvalue weighted by Crippen LogP contribution is 2.41. The summed E-state index contributed by atoms with van der Waals surface area (Å²) in [6.07, 6.45) is 3.93. The van der Waals surface area contributed by atoms with Crippen LogP contribution >= 0.6 is 11.3 Å². The molecule has 0 amide bonds. The molecule has 9 aromatic rings. The van der Waals surface area contributed by atoms with E-state index in [1.807, 2.05) is 17.4 Å². The standard InChI is InChI=1S/C45H31N3O2S/c1-2-9-26(10-3-1)43-46-44(48-45(47-43)29-18-21-34-33-12-5-7-16-40(33)51-41(34)25-29)28-19-22-38-36(23-28)32-20-17-27(24-39(32)49-38)30-13-8-14-35-31-11-4-6-15-37(31)50-42(30)35/h1-7,9-13,15-25,43,45,47H,8,14H2,(H,46,48). The molecule has 244 valence electrons. The van der Waals surface area contributed by atoms with E-state index in [0.717, 1.165) is 79.8 Å². The van der Waals surface area contributed by atoms with E-state index in [1.54, 1.807) is 0 Å². The van der Waals surface area contributed by atoms with Gasteiger partial charge in [0.1, 0.15) is 40.7 Å². The Balaban J connectivity index is 0.988. The van der Waals surface area contributed by atoms with Gasteiger partial charge in [-0.05, 0) is 78.1 Å². The molecule has 2 unspecified atom stereocenters. The number of rotatable bonds is 4. The number of furan rings is 2. The molecule has 11 rings (SSSR count). The Morgan fingerprint density at radius 1 is 0.588 bits per heavy atom. The van der Waals surface area contributed by atoms with Crippen molar-refractivity contribution in [2.75, 3.05) is 0 Å². The summed E-state index contributed by atoms with van der Waals surface area (Å²) in [6.45, 7) is 0. The van der Waals surface area contributed by atoms with Crippen molar-refractivity contribution in [1.82, 2.24) is 10.6 Å². The van der Waals surface area contributed by atoms with E-state index in [2.05, 4.69) is 144 Å². The number of hydrogen-bond acceptors (Lipinski definition) is 6. The molecule has 1 aliphatic heterocycles. The number of nitrogens with one attached hydrogen (secondary N) is 2. The maximum atomic E-state index is 6.49. The molecule has 2 aliphatic rings. The van der Waals surface area contributed by atoms with E-state index in [1.165, 1.54) is 31.1 Å². The van der Waals surface area contributed by atoms with E-state index in [-0.39, 0.29) is 12.3 Å². The lowest BCUT2D eigenvalue weighted by atomic mass is 9.91. The summed E-state index contributed by atoms with van der Waals surface area (Å²) in [5.41, 5.74) is 9.51. The monoisotopic (exact) mass is 677 g/mol. The van der Waals surface area contributed by atoms with Crippen LogP contribution in [0.2, 0.25) is 0 Å². The summed E-state index contributed by atoms with van der Waals surface area (Å²) >= 11 is 1.83. The quantitative estimate of drug-likeness (QED) is 0.195. The summed E-state index contributed by atoms with van der Waals surface area (Å²) in [5, 5.41) is 13.4. The van der Waals surface area contributed by atoms with Crippen molar-refractivity contribution in [3.05, 3.63) is 173 Å². The topological polar surface area (TPSA) is 62.7 Å². The second kappa shape index (κ2) is 11.3. The van der Waals surface area contributed by atoms with Gasteiger partial charge in [-0.3, -0.25) is 5.32 Å². The first kappa shape index (κ1) is 28.8. The molecule has 2 atom stereocenters. The number of allylic oxidation sites excluding steroid dienone is 1. The third-order valence-corrected chi connectivity index (χ3v) is 11.6. The van der Waals surface area contributed by atoms with Crippen LogP contribution in [0.3, 0.4) is 0 Å². The van der Waals surface area contributed by atoms with Gasteiger partial charge in [0.15, 0.2) is 0 Å². The first-order valence-corrected chi connectivity index (χ1v) is 18.3. The van der Waals surface area contributed by atoms with E-state index in [4.69, 9.17) is 13.8 Å². The Kier molecular flexibility index (Phi) is 6.38. The molecule has 0 spiro atoms. The summed E-state index contributed by atoms with van der Waals surface area (Å²) in [7, 11) is 0. The molecule has 6 heteroatoms. The molecule has 6 aromatic carbocycles. The van der Waals surface area contributed by atoms with Gasteiger partial charge in [0, 0.05) is 53.0 Å². The average molecular weight is 678 g/mol. The lowest BCUT2D eigenvalue weighted by Crippen LogP contribution is -2.44. The number of nitrogens with zero attached hydrogens (tertiary/aromatic N) is 1. The van der Waals surface area contributed by atoms with Gasteiger partial charge in [0.05, 0.1) is 0 Å². The predicted octanol–water partition coefficient (Wildman–Crippen LogP) is 11.4. The SMILES string of the molecule is C1=C(c2ccc3c(c2)oc2ccc(C4=NC(c5ccc6c(c5)sc5ccccc56)NC(c5ccccc5)N4)cc23)c2oc3ccccc3c2CC1. The van der Waals surface area contributed by atoms with Gasteiger partial charge in [-0.2, -0.15) is 0 Å². The van der Waals surface area contributed by atoms with Gasteiger partial charge in [-0.1, -0.05) is 91.0 Å². The Labute approximate surface area is 297 Å². The van der Waals surface area contributed by atoms with Crippen molar-refractivity contribution < 1.29 is 8.83 Å². The Morgan fingerprint density at radius 2 is 1.37 bits per heavy atom. The van der Waals surface area contributed by atoms with E-state index in [0.29, 0.717) is 0 Å². The zero-order chi connectivity index (χ0) is 33.5. The molecule has 2 N–H and O–H groups in total. The highest BCUT2D eigenvalue weighted by molar-refractivity contribution is 7.25. The number of benzene rings is 6. The number of hydrogen-bond donors (Lipinski definition) is 2. The van der Waals surface area contributed by atoms with Gasteiger partial charge >= 0.3 is 0 Å². The van der Waals surface area contributed by atoms with Crippen LogP contribution in [0.4, 0.5) is 0 Å². The van der Waals surface area contributed by atoms with Crippen molar-refractivity contribution in [3.63, 3.8) is 0 Å². The number of aliphatic imine (C=N–C) groups is 1. The third-order valence-electron chi connectivity index (χ3n) is 10.5. The highest BCUT2D eigenvalue weighted by Gasteiger charge is 2.27. The summed E-state index contributed by atoms with van der Waals surface area (Å²) < 4.78 is 15.5. The molecule has 0 fully saturated rings. The van der Waals surface area contributed by atoms with Gasteiger partial charge in [0.2, 0.25) is 0 Å². The minimum Gasteiger partial charge on any atom is -0.456 e. The molecule has 3 aromatic heterocycles. The van der Waals surface area contributed by atoms with Crippen LogP contribution in [0.5, 0.6) is 0 Å². The fraction of sp³-hybridized carbons (Fsp3) is 0.0889. The van der Waals surface area contributed by atoms with Crippen molar-refractivity contribution in [2.24, 2.45) is 4.99 Å². The van der Waals surface area contributed by atoms with Crippen LogP contribution in [-0.2, 0) is 6.42 Å². The summed E-state index contributed by atoms with van der Waals surface area (Å²) in [6, 6.07) is 47.2. The van der Waals surface area contributed by atoms with Gasteiger partial charge in [-0.25, -0.2) is 4.99 Å². The first-order valence-electron chi connectivity index (χ1n) is 17.5. The predicted molar refractivity (Wildman–Crippen MR) is 209 cm³/mol. The fourth-order valence-corrected chi connectivity index (χ4v) is 9.12. The largest absolute Gasteiger partial charge is 0.456 e.